The largest absolute Gasteiger partial charge is 0.375 e. The number of hydrogen-bond donors (Lipinski definition) is 1. The first kappa shape index (κ1) is 16.3. The van der Waals surface area contributed by atoms with Crippen molar-refractivity contribution < 1.29 is 4.74 Å². The molecule has 0 bridgehead atoms. The predicted molar refractivity (Wildman–Crippen MR) is 84.9 cm³/mol. The van der Waals surface area contributed by atoms with Gasteiger partial charge in [-0.15, -0.1) is 0 Å². The summed E-state index contributed by atoms with van der Waals surface area (Å²) in [4.78, 5) is 2.56. The Labute approximate surface area is 125 Å². The molecular weight excluding hydrogens is 248 g/mol. The van der Waals surface area contributed by atoms with Gasteiger partial charge in [0.15, 0.2) is 0 Å². The van der Waals surface area contributed by atoms with E-state index in [0.29, 0.717) is 5.92 Å². The van der Waals surface area contributed by atoms with Gasteiger partial charge < -0.3 is 10.5 Å². The van der Waals surface area contributed by atoms with Crippen LogP contribution in [0.5, 0.6) is 0 Å². The molecule has 3 heteroatoms. The van der Waals surface area contributed by atoms with Gasteiger partial charge in [0.05, 0.1) is 5.60 Å². The van der Waals surface area contributed by atoms with Crippen LogP contribution >= 0.6 is 0 Å². The molecule has 1 spiro atoms. The van der Waals surface area contributed by atoms with Crippen LogP contribution in [0.1, 0.15) is 66.2 Å². The molecule has 1 saturated heterocycles. The number of nitrogens with two attached hydrogens (primary N) is 1. The summed E-state index contributed by atoms with van der Waals surface area (Å²) in [5, 5.41) is 0. The van der Waals surface area contributed by atoms with Crippen LogP contribution in [0.25, 0.3) is 0 Å². The van der Waals surface area contributed by atoms with E-state index in [0.717, 1.165) is 32.5 Å². The van der Waals surface area contributed by atoms with Gasteiger partial charge in [-0.25, -0.2) is 0 Å². The number of rotatable bonds is 6. The van der Waals surface area contributed by atoms with Crippen LogP contribution in [0.2, 0.25) is 0 Å². The van der Waals surface area contributed by atoms with Crippen LogP contribution in [0.3, 0.4) is 0 Å². The first-order valence-corrected chi connectivity index (χ1v) is 8.66. The Morgan fingerprint density at radius 3 is 2.40 bits per heavy atom. The Morgan fingerprint density at radius 1 is 1.30 bits per heavy atom. The second kappa shape index (κ2) is 6.33. The Kier molecular flexibility index (Phi) is 5.14. The molecule has 0 aromatic rings. The van der Waals surface area contributed by atoms with E-state index in [9.17, 15) is 0 Å². The van der Waals surface area contributed by atoms with Gasteiger partial charge in [-0.3, -0.25) is 4.90 Å². The van der Waals surface area contributed by atoms with Gasteiger partial charge in [0.1, 0.15) is 0 Å². The Hall–Kier alpha value is -0.120. The van der Waals surface area contributed by atoms with Crippen LogP contribution < -0.4 is 5.73 Å². The zero-order chi connectivity index (χ0) is 14.8. The maximum Gasteiger partial charge on any atom is 0.0685 e. The quantitative estimate of drug-likeness (QED) is 0.813. The van der Waals surface area contributed by atoms with E-state index in [1.165, 1.54) is 25.7 Å². The molecule has 1 aliphatic carbocycles. The second-order valence-corrected chi connectivity index (χ2v) is 7.05. The van der Waals surface area contributed by atoms with Crippen LogP contribution in [-0.4, -0.2) is 41.8 Å². The van der Waals surface area contributed by atoms with Crippen molar-refractivity contribution in [3.05, 3.63) is 0 Å². The van der Waals surface area contributed by atoms with E-state index < -0.39 is 0 Å². The van der Waals surface area contributed by atoms with Gasteiger partial charge in [0.25, 0.3) is 0 Å². The van der Waals surface area contributed by atoms with Crippen LogP contribution in [0.15, 0.2) is 0 Å². The molecule has 0 aromatic heterocycles. The highest BCUT2D eigenvalue weighted by molar-refractivity contribution is 5.03. The normalized spacial score (nSPS) is 30.0. The van der Waals surface area contributed by atoms with Crippen molar-refractivity contribution in [2.45, 2.75) is 83.4 Å². The van der Waals surface area contributed by atoms with Crippen molar-refractivity contribution in [1.82, 2.24) is 4.90 Å². The minimum Gasteiger partial charge on any atom is -0.375 e. The molecule has 0 amide bonds. The minimum absolute atomic E-state index is 0.121. The molecular formula is C17H34N2O. The van der Waals surface area contributed by atoms with E-state index in [1.54, 1.807) is 0 Å². The van der Waals surface area contributed by atoms with Gasteiger partial charge >= 0.3 is 0 Å². The highest BCUT2D eigenvalue weighted by Gasteiger charge is 2.47. The molecule has 3 atom stereocenters. The van der Waals surface area contributed by atoms with E-state index in [1.807, 2.05) is 0 Å². The lowest BCUT2D eigenvalue weighted by molar-refractivity contribution is -0.151. The maximum atomic E-state index is 6.79. The second-order valence-electron chi connectivity index (χ2n) is 7.05. The maximum absolute atomic E-state index is 6.79. The minimum atomic E-state index is 0.121. The summed E-state index contributed by atoms with van der Waals surface area (Å²) >= 11 is 0. The van der Waals surface area contributed by atoms with E-state index in [-0.39, 0.29) is 17.2 Å². The smallest absolute Gasteiger partial charge is 0.0685 e. The molecule has 1 heterocycles. The molecule has 1 saturated carbocycles. The van der Waals surface area contributed by atoms with Gasteiger partial charge in [-0.2, -0.15) is 0 Å². The molecule has 2 rings (SSSR count). The Bertz CT molecular complexity index is 312. The molecule has 2 N–H and O–H groups in total. The number of nitrogens with zero attached hydrogens (tertiary/aromatic N) is 1. The lowest BCUT2D eigenvalue weighted by atomic mass is 9.67. The molecule has 2 fully saturated rings. The van der Waals surface area contributed by atoms with Crippen molar-refractivity contribution in [3.63, 3.8) is 0 Å². The Balaban J connectivity index is 2.09. The van der Waals surface area contributed by atoms with E-state index in [4.69, 9.17) is 10.5 Å². The number of hydrogen-bond acceptors (Lipinski definition) is 3. The zero-order valence-corrected chi connectivity index (χ0v) is 14.0. The monoisotopic (exact) mass is 282 g/mol. The summed E-state index contributed by atoms with van der Waals surface area (Å²) in [5.74, 6) is 0.620. The van der Waals surface area contributed by atoms with Gasteiger partial charge in [0, 0.05) is 18.2 Å². The summed E-state index contributed by atoms with van der Waals surface area (Å²) in [6, 6.07) is 0.258. The summed E-state index contributed by atoms with van der Waals surface area (Å²) in [5.41, 5.74) is 7.12. The highest BCUT2D eigenvalue weighted by atomic mass is 16.5. The molecule has 118 valence electrons. The predicted octanol–water partition coefficient (Wildman–Crippen LogP) is 3.17. The third-order valence-corrected chi connectivity index (χ3v) is 6.22. The lowest BCUT2D eigenvalue weighted by Crippen LogP contribution is -2.62. The van der Waals surface area contributed by atoms with E-state index >= 15 is 0 Å². The average molecular weight is 282 g/mol. The topological polar surface area (TPSA) is 38.5 Å². The first-order valence-electron chi connectivity index (χ1n) is 8.66. The van der Waals surface area contributed by atoms with Gasteiger partial charge in [-0.1, -0.05) is 20.8 Å². The average Bonchev–Trinajstić information content (AvgIpc) is 2.45. The standard InChI is InChI=1S/C17H34N2O/c1-5-16(4,19(6-2)7-3)15(18)14-9-12-20-17(13-14)10-8-11-17/h14-15H,5-13,18H2,1-4H3. The fourth-order valence-corrected chi connectivity index (χ4v) is 4.42. The van der Waals surface area contributed by atoms with Crippen molar-refractivity contribution in [3.8, 4) is 0 Å². The first-order chi connectivity index (χ1) is 9.51. The van der Waals surface area contributed by atoms with E-state index in [2.05, 4.69) is 32.6 Å². The SMILES string of the molecule is CCN(CC)C(C)(CC)C(N)C1CCOC2(CCC2)C1. The summed E-state index contributed by atoms with van der Waals surface area (Å²) in [7, 11) is 0. The molecule has 20 heavy (non-hydrogen) atoms. The van der Waals surface area contributed by atoms with Crippen LogP contribution in [-0.2, 0) is 4.74 Å². The van der Waals surface area contributed by atoms with Gasteiger partial charge in [0.2, 0.25) is 0 Å². The zero-order valence-electron chi connectivity index (χ0n) is 14.0. The summed E-state index contributed by atoms with van der Waals surface area (Å²) in [6.07, 6.45) is 7.29. The van der Waals surface area contributed by atoms with Crippen LogP contribution in [0.4, 0.5) is 0 Å². The lowest BCUT2D eigenvalue weighted by Gasteiger charge is -2.53. The van der Waals surface area contributed by atoms with Crippen molar-refractivity contribution in [1.29, 1.82) is 0 Å². The third-order valence-electron chi connectivity index (χ3n) is 6.22. The molecule has 3 nitrogen and oxygen atoms in total. The molecule has 0 radical (unpaired) electrons. The van der Waals surface area contributed by atoms with Crippen molar-refractivity contribution in [2.24, 2.45) is 11.7 Å². The number of ether oxygens (including phenoxy) is 1. The van der Waals surface area contributed by atoms with Crippen molar-refractivity contribution in [2.75, 3.05) is 19.7 Å². The highest BCUT2D eigenvalue weighted by Crippen LogP contribution is 2.46. The summed E-state index contributed by atoms with van der Waals surface area (Å²) in [6.45, 7) is 12.2. The molecule has 2 aliphatic rings. The fraction of sp³-hybridized carbons (Fsp3) is 1.00. The van der Waals surface area contributed by atoms with Crippen LogP contribution in [0, 0.1) is 5.92 Å². The Morgan fingerprint density at radius 2 is 1.95 bits per heavy atom. The van der Waals surface area contributed by atoms with Gasteiger partial charge in [-0.05, 0) is 64.5 Å². The molecule has 3 unspecified atom stereocenters. The number of likely N-dealkylation sites (N-methyl/N-ethyl adjacent to an activating group) is 1. The third kappa shape index (κ3) is 2.77. The summed E-state index contributed by atoms with van der Waals surface area (Å²) < 4.78 is 6.07. The molecule has 0 aromatic carbocycles. The molecule has 1 aliphatic heterocycles. The fourth-order valence-electron chi connectivity index (χ4n) is 4.42. The van der Waals surface area contributed by atoms with Crippen molar-refractivity contribution >= 4 is 0 Å².